The van der Waals surface area contributed by atoms with Gasteiger partial charge in [-0.1, -0.05) is 6.07 Å². The molecule has 1 aliphatic rings. The Bertz CT molecular complexity index is 1160. The van der Waals surface area contributed by atoms with E-state index in [0.29, 0.717) is 19.1 Å². The van der Waals surface area contributed by atoms with Crippen LogP contribution in [0.5, 0.6) is 5.75 Å². The zero-order valence-electron chi connectivity index (χ0n) is 17.9. The third kappa shape index (κ3) is 4.58. The number of ether oxygens (including phenoxy) is 1. The highest BCUT2D eigenvalue weighted by Crippen LogP contribution is 2.23. The smallest absolute Gasteiger partial charge is 0.247 e. The van der Waals surface area contributed by atoms with Gasteiger partial charge >= 0.3 is 0 Å². The molecule has 4 heterocycles. The molecule has 9 nitrogen and oxygen atoms in total. The molecule has 0 amide bonds. The first-order valence-electron chi connectivity index (χ1n) is 11.0. The van der Waals surface area contributed by atoms with Crippen molar-refractivity contribution < 1.29 is 9.84 Å². The molecule has 0 bridgehead atoms. The quantitative estimate of drug-likeness (QED) is 0.419. The lowest BCUT2D eigenvalue weighted by atomic mass is 10.2. The Balaban J connectivity index is 1.26. The van der Waals surface area contributed by atoms with E-state index in [1.807, 2.05) is 48.7 Å². The second-order valence-corrected chi connectivity index (χ2v) is 7.88. The summed E-state index contributed by atoms with van der Waals surface area (Å²) >= 11 is 0. The van der Waals surface area contributed by atoms with Gasteiger partial charge in [0.05, 0.1) is 25.0 Å². The number of aliphatic hydroxyl groups is 1. The third-order valence-electron chi connectivity index (χ3n) is 5.60. The average Bonchev–Trinajstić information content (AvgIpc) is 3.56. The van der Waals surface area contributed by atoms with E-state index in [2.05, 4.69) is 25.4 Å². The van der Waals surface area contributed by atoms with Crippen molar-refractivity contribution in [1.82, 2.24) is 29.3 Å². The SMILES string of the molecule is OCCn1cc(-c2cccc3nc(Nc4ccc(OCCN5CCCC5)cc4)nn23)cn1. The van der Waals surface area contributed by atoms with Crippen LogP contribution in [-0.2, 0) is 6.54 Å². The molecule has 0 spiro atoms. The van der Waals surface area contributed by atoms with Crippen molar-refractivity contribution in [2.24, 2.45) is 0 Å². The van der Waals surface area contributed by atoms with Gasteiger partial charge in [-0.25, -0.2) is 4.52 Å². The number of fused-ring (bicyclic) bond motifs is 1. The molecule has 32 heavy (non-hydrogen) atoms. The van der Waals surface area contributed by atoms with Gasteiger partial charge in [0.2, 0.25) is 5.95 Å². The zero-order chi connectivity index (χ0) is 21.8. The molecule has 1 aromatic carbocycles. The van der Waals surface area contributed by atoms with Crippen LogP contribution in [0.4, 0.5) is 11.6 Å². The lowest BCUT2D eigenvalue weighted by Gasteiger charge is -2.15. The number of benzene rings is 1. The molecule has 1 aliphatic heterocycles. The summed E-state index contributed by atoms with van der Waals surface area (Å²) in [7, 11) is 0. The number of anilines is 2. The third-order valence-corrected chi connectivity index (χ3v) is 5.60. The fourth-order valence-electron chi connectivity index (χ4n) is 3.96. The van der Waals surface area contributed by atoms with Crippen LogP contribution >= 0.6 is 0 Å². The van der Waals surface area contributed by atoms with E-state index >= 15 is 0 Å². The minimum atomic E-state index is 0.0466. The Labute approximate surface area is 186 Å². The van der Waals surface area contributed by atoms with Gasteiger partial charge < -0.3 is 15.2 Å². The van der Waals surface area contributed by atoms with Crippen LogP contribution in [0.1, 0.15) is 12.8 Å². The molecule has 3 aromatic heterocycles. The maximum atomic E-state index is 9.11. The van der Waals surface area contributed by atoms with Crippen molar-refractivity contribution >= 4 is 17.3 Å². The molecule has 0 aliphatic carbocycles. The monoisotopic (exact) mass is 433 g/mol. The summed E-state index contributed by atoms with van der Waals surface area (Å²) < 4.78 is 9.37. The molecule has 2 N–H and O–H groups in total. The van der Waals surface area contributed by atoms with Crippen molar-refractivity contribution in [1.29, 1.82) is 0 Å². The second-order valence-electron chi connectivity index (χ2n) is 7.88. The molecule has 166 valence electrons. The van der Waals surface area contributed by atoms with E-state index in [9.17, 15) is 0 Å². The van der Waals surface area contributed by atoms with Gasteiger partial charge in [0.1, 0.15) is 12.4 Å². The van der Waals surface area contributed by atoms with Gasteiger partial charge in [0, 0.05) is 24.0 Å². The van der Waals surface area contributed by atoms with Gasteiger partial charge in [-0.15, -0.1) is 5.10 Å². The maximum Gasteiger partial charge on any atom is 0.247 e. The van der Waals surface area contributed by atoms with Crippen LogP contribution < -0.4 is 10.1 Å². The van der Waals surface area contributed by atoms with E-state index in [4.69, 9.17) is 9.84 Å². The highest BCUT2D eigenvalue weighted by atomic mass is 16.5. The van der Waals surface area contributed by atoms with Gasteiger partial charge in [-0.05, 0) is 62.3 Å². The largest absolute Gasteiger partial charge is 0.492 e. The fourth-order valence-corrected chi connectivity index (χ4v) is 3.96. The van der Waals surface area contributed by atoms with Crippen LogP contribution in [0.2, 0.25) is 0 Å². The second kappa shape index (κ2) is 9.37. The molecule has 0 radical (unpaired) electrons. The fraction of sp³-hybridized carbons (Fsp3) is 0.348. The average molecular weight is 434 g/mol. The molecular formula is C23H27N7O2. The minimum Gasteiger partial charge on any atom is -0.492 e. The van der Waals surface area contributed by atoms with Crippen LogP contribution in [0.25, 0.3) is 16.9 Å². The van der Waals surface area contributed by atoms with E-state index in [1.165, 1.54) is 25.9 Å². The minimum absolute atomic E-state index is 0.0466. The Morgan fingerprint density at radius 2 is 1.88 bits per heavy atom. The number of likely N-dealkylation sites (tertiary alicyclic amines) is 1. The number of aromatic nitrogens is 5. The molecule has 5 rings (SSSR count). The Hall–Kier alpha value is -3.43. The topological polar surface area (TPSA) is 92.7 Å². The summed E-state index contributed by atoms with van der Waals surface area (Å²) in [6, 6.07) is 13.7. The summed E-state index contributed by atoms with van der Waals surface area (Å²) in [4.78, 5) is 7.03. The summed E-state index contributed by atoms with van der Waals surface area (Å²) in [5.74, 6) is 1.38. The molecular weight excluding hydrogens is 406 g/mol. The summed E-state index contributed by atoms with van der Waals surface area (Å²) in [5.41, 5.74) is 3.43. The number of hydrogen-bond donors (Lipinski definition) is 2. The highest BCUT2D eigenvalue weighted by molar-refractivity contribution is 5.63. The standard InChI is InChI=1S/C23H27N7O2/c31-14-12-29-17-18(16-24-29)21-4-3-5-22-26-23(27-30(21)22)25-19-6-8-20(9-7-19)32-15-13-28-10-1-2-11-28/h3-9,16-17,31H,1-2,10-15H2,(H,25,27). The molecule has 0 unspecified atom stereocenters. The lowest BCUT2D eigenvalue weighted by Crippen LogP contribution is -2.25. The lowest BCUT2D eigenvalue weighted by molar-refractivity contribution is 0.238. The van der Waals surface area contributed by atoms with E-state index in [-0.39, 0.29) is 6.61 Å². The number of nitrogens with one attached hydrogen (secondary N) is 1. The first-order chi connectivity index (χ1) is 15.8. The number of rotatable bonds is 9. The Morgan fingerprint density at radius 3 is 2.69 bits per heavy atom. The number of aliphatic hydroxyl groups excluding tert-OH is 1. The molecule has 1 saturated heterocycles. The van der Waals surface area contributed by atoms with E-state index < -0.39 is 0 Å². The number of hydrogen-bond acceptors (Lipinski definition) is 7. The molecule has 0 atom stereocenters. The number of pyridine rings is 1. The van der Waals surface area contributed by atoms with Crippen molar-refractivity contribution in [2.45, 2.75) is 19.4 Å². The van der Waals surface area contributed by atoms with Gasteiger partial charge in [0.25, 0.3) is 0 Å². The van der Waals surface area contributed by atoms with Crippen LogP contribution in [0, 0.1) is 0 Å². The van der Waals surface area contributed by atoms with E-state index in [1.54, 1.807) is 15.4 Å². The van der Waals surface area contributed by atoms with Crippen LogP contribution in [-0.4, -0.2) is 67.2 Å². The van der Waals surface area contributed by atoms with Crippen LogP contribution in [0.15, 0.2) is 54.9 Å². The predicted molar refractivity (Wildman–Crippen MR) is 122 cm³/mol. The first-order valence-corrected chi connectivity index (χ1v) is 11.0. The summed E-state index contributed by atoms with van der Waals surface area (Å²) in [6.45, 7) is 4.56. The number of nitrogens with zero attached hydrogens (tertiary/aromatic N) is 6. The Morgan fingerprint density at radius 1 is 1.03 bits per heavy atom. The van der Waals surface area contributed by atoms with Crippen molar-refractivity contribution in [3.63, 3.8) is 0 Å². The van der Waals surface area contributed by atoms with Gasteiger partial charge in [-0.3, -0.25) is 9.58 Å². The predicted octanol–water partition coefficient (Wildman–Crippen LogP) is 2.80. The highest BCUT2D eigenvalue weighted by Gasteiger charge is 2.12. The van der Waals surface area contributed by atoms with Gasteiger partial charge in [0.15, 0.2) is 5.65 Å². The van der Waals surface area contributed by atoms with E-state index in [0.717, 1.165) is 34.9 Å². The molecule has 1 fully saturated rings. The zero-order valence-corrected chi connectivity index (χ0v) is 17.9. The normalized spacial score (nSPS) is 14.3. The van der Waals surface area contributed by atoms with Crippen molar-refractivity contribution in [2.75, 3.05) is 38.2 Å². The molecule has 9 heteroatoms. The van der Waals surface area contributed by atoms with Crippen molar-refractivity contribution in [3.8, 4) is 17.0 Å². The van der Waals surface area contributed by atoms with Crippen molar-refractivity contribution in [3.05, 3.63) is 54.9 Å². The summed E-state index contributed by atoms with van der Waals surface area (Å²) in [5, 5.41) is 21.3. The first kappa shape index (κ1) is 20.5. The molecule has 0 saturated carbocycles. The van der Waals surface area contributed by atoms with Gasteiger partial charge in [-0.2, -0.15) is 10.1 Å². The maximum absolute atomic E-state index is 9.11. The molecule has 4 aromatic rings. The van der Waals surface area contributed by atoms with Crippen LogP contribution in [0.3, 0.4) is 0 Å². The Kier molecular flexibility index (Phi) is 6.00. The summed E-state index contributed by atoms with van der Waals surface area (Å²) in [6.07, 6.45) is 6.25.